The Morgan fingerprint density at radius 2 is 2.05 bits per heavy atom. The van der Waals surface area contributed by atoms with E-state index in [9.17, 15) is 4.79 Å². The fourth-order valence-corrected chi connectivity index (χ4v) is 3.87. The fraction of sp³-hybridized carbons (Fsp3) is 0.353. The van der Waals surface area contributed by atoms with Crippen molar-refractivity contribution in [2.24, 2.45) is 7.05 Å². The van der Waals surface area contributed by atoms with Crippen molar-refractivity contribution in [1.82, 2.24) is 14.1 Å². The van der Waals surface area contributed by atoms with Crippen LogP contribution in [0, 0.1) is 6.42 Å². The first kappa shape index (κ1) is 14.0. The predicted octanol–water partition coefficient (Wildman–Crippen LogP) is 3.97. The zero-order chi connectivity index (χ0) is 15.3. The van der Waals surface area contributed by atoms with Crippen molar-refractivity contribution in [1.29, 1.82) is 0 Å². The maximum absolute atomic E-state index is 12.8. The molecule has 0 saturated heterocycles. The zero-order valence-electron chi connectivity index (χ0n) is 12.4. The van der Waals surface area contributed by atoms with Gasteiger partial charge >= 0.3 is 5.69 Å². The minimum absolute atomic E-state index is 0.0659. The number of pyridine rings is 1. The molecule has 4 rings (SSSR count). The van der Waals surface area contributed by atoms with Crippen molar-refractivity contribution in [3.05, 3.63) is 45.8 Å². The number of hydrogen-bond acceptors (Lipinski definition) is 2. The number of imidazole rings is 1. The number of hydrogen-bond donors (Lipinski definition) is 0. The van der Waals surface area contributed by atoms with Gasteiger partial charge in [0.05, 0.1) is 22.7 Å². The minimum Gasteiger partial charge on any atom is -0.293 e. The molecule has 1 aromatic carbocycles. The van der Waals surface area contributed by atoms with Crippen LogP contribution >= 0.6 is 15.9 Å². The molecule has 1 aliphatic carbocycles. The Morgan fingerprint density at radius 1 is 1.27 bits per heavy atom. The average Bonchev–Trinajstić information content (AvgIpc) is 2.80. The molecule has 0 unspecified atom stereocenters. The van der Waals surface area contributed by atoms with Crippen LogP contribution in [0.5, 0.6) is 0 Å². The molecule has 3 aromatic rings. The molecule has 0 amide bonds. The standard InChI is InChI=1S/C17H17BrN3O/c1-20-15-10-19-14-8-7-11(18)9-13(14)16(15)21(17(20)22)12-5-3-2-4-6-12/h2,7-10,12H,3-6H2,1H3. The van der Waals surface area contributed by atoms with Gasteiger partial charge in [-0.15, -0.1) is 0 Å². The van der Waals surface area contributed by atoms with Gasteiger partial charge < -0.3 is 0 Å². The summed E-state index contributed by atoms with van der Waals surface area (Å²) in [4.78, 5) is 17.3. The topological polar surface area (TPSA) is 39.8 Å². The minimum atomic E-state index is 0.0659. The molecule has 22 heavy (non-hydrogen) atoms. The second kappa shape index (κ2) is 5.23. The third-order valence-electron chi connectivity index (χ3n) is 4.65. The first-order chi connectivity index (χ1) is 10.7. The largest absolute Gasteiger partial charge is 0.329 e. The van der Waals surface area contributed by atoms with Crippen LogP contribution in [0.25, 0.3) is 21.9 Å². The Morgan fingerprint density at radius 3 is 2.82 bits per heavy atom. The molecule has 1 fully saturated rings. The maximum Gasteiger partial charge on any atom is 0.329 e. The maximum atomic E-state index is 12.8. The third-order valence-corrected chi connectivity index (χ3v) is 5.14. The summed E-state index contributed by atoms with van der Waals surface area (Å²) in [5, 5.41) is 1.04. The molecule has 0 spiro atoms. The molecule has 5 heteroatoms. The van der Waals surface area contributed by atoms with Gasteiger partial charge in [-0.25, -0.2) is 4.79 Å². The van der Waals surface area contributed by atoms with Gasteiger partial charge in [-0.2, -0.15) is 0 Å². The van der Waals surface area contributed by atoms with Crippen molar-refractivity contribution in [3.63, 3.8) is 0 Å². The lowest BCUT2D eigenvalue weighted by molar-refractivity contribution is 0.393. The number of halogens is 1. The van der Waals surface area contributed by atoms with E-state index < -0.39 is 0 Å². The van der Waals surface area contributed by atoms with Crippen molar-refractivity contribution >= 4 is 37.9 Å². The van der Waals surface area contributed by atoms with Crippen LogP contribution in [0.2, 0.25) is 0 Å². The monoisotopic (exact) mass is 358 g/mol. The van der Waals surface area contributed by atoms with Crippen LogP contribution in [0.3, 0.4) is 0 Å². The lowest BCUT2D eigenvalue weighted by Crippen LogP contribution is -2.27. The molecule has 4 nitrogen and oxygen atoms in total. The number of fused-ring (bicyclic) bond motifs is 3. The van der Waals surface area contributed by atoms with E-state index in [1.54, 1.807) is 4.57 Å². The summed E-state index contributed by atoms with van der Waals surface area (Å²) in [6.45, 7) is 0. The molecule has 0 N–H and O–H groups in total. The Balaban J connectivity index is 2.11. The predicted molar refractivity (Wildman–Crippen MR) is 92.0 cm³/mol. The summed E-state index contributed by atoms with van der Waals surface area (Å²) < 4.78 is 4.73. The van der Waals surface area contributed by atoms with E-state index in [0.29, 0.717) is 0 Å². The summed E-state index contributed by atoms with van der Waals surface area (Å²) in [7, 11) is 1.83. The first-order valence-electron chi connectivity index (χ1n) is 7.63. The van der Waals surface area contributed by atoms with Crippen molar-refractivity contribution in [3.8, 4) is 0 Å². The quantitative estimate of drug-likeness (QED) is 0.660. The van der Waals surface area contributed by atoms with Crippen LogP contribution < -0.4 is 5.69 Å². The molecule has 2 heterocycles. The van der Waals surface area contributed by atoms with Crippen LogP contribution in [0.15, 0.2) is 33.7 Å². The summed E-state index contributed by atoms with van der Waals surface area (Å²) in [6.07, 6.45) is 8.38. The summed E-state index contributed by atoms with van der Waals surface area (Å²) >= 11 is 3.54. The van der Waals surface area contributed by atoms with E-state index in [1.165, 1.54) is 0 Å². The second-order valence-electron chi connectivity index (χ2n) is 5.96. The van der Waals surface area contributed by atoms with Crippen LogP contribution in [-0.4, -0.2) is 14.1 Å². The summed E-state index contributed by atoms with van der Waals surface area (Å²) in [6, 6.07) is 6.33. The molecule has 1 radical (unpaired) electrons. The van der Waals surface area contributed by atoms with Crippen LogP contribution in [0.1, 0.15) is 31.7 Å². The Kier molecular flexibility index (Phi) is 3.33. The molecule has 1 aliphatic rings. The van der Waals surface area contributed by atoms with Gasteiger partial charge in [-0.05, 0) is 50.3 Å². The number of nitrogens with zero attached hydrogens (tertiary/aromatic N) is 3. The molecule has 1 saturated carbocycles. The highest BCUT2D eigenvalue weighted by Crippen LogP contribution is 2.32. The summed E-state index contributed by atoms with van der Waals surface area (Å²) in [5.41, 5.74) is 2.92. The van der Waals surface area contributed by atoms with E-state index in [0.717, 1.165) is 52.1 Å². The smallest absolute Gasteiger partial charge is 0.293 e. The van der Waals surface area contributed by atoms with E-state index in [2.05, 4.69) is 33.4 Å². The van der Waals surface area contributed by atoms with Crippen LogP contribution in [-0.2, 0) is 7.05 Å². The van der Waals surface area contributed by atoms with Gasteiger partial charge in [-0.3, -0.25) is 14.1 Å². The van der Waals surface area contributed by atoms with Gasteiger partial charge in [0.15, 0.2) is 0 Å². The second-order valence-corrected chi connectivity index (χ2v) is 6.88. The normalized spacial score (nSPS) is 16.6. The van der Waals surface area contributed by atoms with E-state index in [-0.39, 0.29) is 11.7 Å². The Labute approximate surface area is 136 Å². The molecular formula is C17H17BrN3O. The molecular weight excluding hydrogens is 342 g/mol. The highest BCUT2D eigenvalue weighted by Gasteiger charge is 2.23. The molecule has 2 aromatic heterocycles. The van der Waals surface area contributed by atoms with Gasteiger partial charge in [0.25, 0.3) is 0 Å². The van der Waals surface area contributed by atoms with Gasteiger partial charge in [0.1, 0.15) is 0 Å². The highest BCUT2D eigenvalue weighted by atomic mass is 79.9. The lowest BCUT2D eigenvalue weighted by atomic mass is 9.95. The number of rotatable bonds is 1. The number of aryl methyl sites for hydroxylation is 1. The van der Waals surface area contributed by atoms with E-state index >= 15 is 0 Å². The lowest BCUT2D eigenvalue weighted by Gasteiger charge is -2.23. The molecule has 0 atom stereocenters. The zero-order valence-corrected chi connectivity index (χ0v) is 14.0. The van der Waals surface area contributed by atoms with Gasteiger partial charge in [-0.1, -0.05) is 15.9 Å². The van der Waals surface area contributed by atoms with Gasteiger partial charge in [0, 0.05) is 22.9 Å². The van der Waals surface area contributed by atoms with Crippen molar-refractivity contribution in [2.45, 2.75) is 31.7 Å². The molecule has 113 valence electrons. The van der Waals surface area contributed by atoms with Crippen LogP contribution in [0.4, 0.5) is 0 Å². The first-order valence-corrected chi connectivity index (χ1v) is 8.43. The van der Waals surface area contributed by atoms with Crippen molar-refractivity contribution in [2.75, 3.05) is 0 Å². The number of aromatic nitrogens is 3. The van der Waals surface area contributed by atoms with E-state index in [4.69, 9.17) is 0 Å². The Bertz CT molecular complexity index is 919. The fourth-order valence-electron chi connectivity index (χ4n) is 3.51. The molecule has 0 aliphatic heterocycles. The third kappa shape index (κ3) is 2.02. The van der Waals surface area contributed by atoms with Crippen molar-refractivity contribution < 1.29 is 0 Å². The molecule has 0 bridgehead atoms. The highest BCUT2D eigenvalue weighted by molar-refractivity contribution is 9.10. The van der Waals surface area contributed by atoms with E-state index in [1.807, 2.05) is 29.9 Å². The van der Waals surface area contributed by atoms with Gasteiger partial charge in [0.2, 0.25) is 0 Å². The SMILES string of the molecule is Cn1c(=O)n(C2CC[CH]CC2)c2c3cc(Br)ccc3ncc21. The summed E-state index contributed by atoms with van der Waals surface area (Å²) in [5.74, 6) is 0. The average molecular weight is 359 g/mol. The number of benzene rings is 1. The Hall–Kier alpha value is -1.62.